The highest BCUT2D eigenvalue weighted by atomic mass is 16.5. The molecule has 0 unspecified atom stereocenters. The molecule has 1 aliphatic heterocycles. The second-order valence-electron chi connectivity index (χ2n) is 8.28. The number of hydrogen-bond donors (Lipinski definition) is 0. The minimum atomic E-state index is -0.472. The van der Waals surface area contributed by atoms with E-state index in [9.17, 15) is 4.79 Å². The molecule has 0 aliphatic carbocycles. The van der Waals surface area contributed by atoms with E-state index in [4.69, 9.17) is 9.47 Å². The second-order valence-corrected chi connectivity index (χ2v) is 8.28. The highest BCUT2D eigenvalue weighted by molar-refractivity contribution is 5.77. The Hall–Kier alpha value is -2.34. The molecule has 1 aliphatic rings. The van der Waals surface area contributed by atoms with Crippen LogP contribution in [0.1, 0.15) is 49.9 Å². The number of rotatable bonds is 9. The van der Waals surface area contributed by atoms with Crippen molar-refractivity contribution in [2.45, 2.75) is 59.5 Å². The van der Waals surface area contributed by atoms with Crippen molar-refractivity contribution in [1.29, 1.82) is 0 Å². The monoisotopic (exact) mass is 413 g/mol. The van der Waals surface area contributed by atoms with Gasteiger partial charge in [0.05, 0.1) is 25.3 Å². The fraction of sp³-hybridized carbons (Fsp3) is 0.583. The molecule has 0 saturated carbocycles. The molecule has 1 fully saturated rings. The number of likely N-dealkylation sites (tertiary alicyclic amines) is 1. The lowest BCUT2D eigenvalue weighted by atomic mass is 9.73. The number of methoxy groups -OCH3 is 1. The molecule has 0 atom stereocenters. The molecule has 164 valence electrons. The Morgan fingerprint density at radius 3 is 2.67 bits per heavy atom. The van der Waals surface area contributed by atoms with Crippen molar-refractivity contribution in [3.8, 4) is 5.75 Å². The van der Waals surface area contributed by atoms with Gasteiger partial charge in [0.1, 0.15) is 5.75 Å². The number of carbonyl (C=O) groups excluding carboxylic acids is 1. The van der Waals surface area contributed by atoms with Gasteiger partial charge in [-0.15, -0.1) is 0 Å². The summed E-state index contributed by atoms with van der Waals surface area (Å²) in [5, 5.41) is 4.53. The van der Waals surface area contributed by atoms with E-state index < -0.39 is 5.41 Å². The summed E-state index contributed by atoms with van der Waals surface area (Å²) in [5.41, 5.74) is 3.17. The van der Waals surface area contributed by atoms with Gasteiger partial charge in [-0.1, -0.05) is 19.1 Å². The summed E-state index contributed by atoms with van der Waals surface area (Å²) in [4.78, 5) is 15.4. The molecule has 2 aromatic rings. The lowest BCUT2D eigenvalue weighted by Gasteiger charge is -2.40. The quantitative estimate of drug-likeness (QED) is 0.582. The molecular weight excluding hydrogens is 378 g/mol. The van der Waals surface area contributed by atoms with Gasteiger partial charge in [0.25, 0.3) is 0 Å². The average Bonchev–Trinajstić information content (AvgIpc) is 3.09. The van der Waals surface area contributed by atoms with Gasteiger partial charge in [0.15, 0.2) is 0 Å². The van der Waals surface area contributed by atoms with E-state index in [1.54, 1.807) is 7.11 Å². The molecule has 1 aromatic carbocycles. The van der Waals surface area contributed by atoms with Crippen LogP contribution < -0.4 is 4.74 Å². The van der Waals surface area contributed by atoms with Gasteiger partial charge in [0.2, 0.25) is 0 Å². The van der Waals surface area contributed by atoms with Gasteiger partial charge in [-0.3, -0.25) is 14.4 Å². The largest absolute Gasteiger partial charge is 0.497 e. The van der Waals surface area contributed by atoms with Crippen LogP contribution in [0.5, 0.6) is 5.75 Å². The van der Waals surface area contributed by atoms with Crippen molar-refractivity contribution < 1.29 is 14.3 Å². The number of esters is 1. The third kappa shape index (κ3) is 5.04. The normalized spacial score (nSPS) is 16.4. The van der Waals surface area contributed by atoms with E-state index in [1.165, 1.54) is 11.3 Å². The highest BCUT2D eigenvalue weighted by Crippen LogP contribution is 2.37. The predicted octanol–water partition coefficient (Wildman–Crippen LogP) is 4.00. The first-order valence-electron chi connectivity index (χ1n) is 11.0. The van der Waals surface area contributed by atoms with Crippen LogP contribution in [0.25, 0.3) is 0 Å². The molecule has 0 N–H and O–H groups in total. The summed E-state index contributed by atoms with van der Waals surface area (Å²) >= 11 is 0. The maximum atomic E-state index is 13.0. The van der Waals surface area contributed by atoms with Crippen molar-refractivity contribution >= 4 is 5.97 Å². The first-order chi connectivity index (χ1) is 14.5. The molecule has 6 nitrogen and oxygen atoms in total. The minimum absolute atomic E-state index is 0.0700. The van der Waals surface area contributed by atoms with Crippen LogP contribution in [0.4, 0.5) is 0 Å². The van der Waals surface area contributed by atoms with Crippen molar-refractivity contribution in [3.05, 3.63) is 47.3 Å². The van der Waals surface area contributed by atoms with Crippen molar-refractivity contribution in [2.24, 2.45) is 5.41 Å². The van der Waals surface area contributed by atoms with Crippen LogP contribution in [-0.2, 0) is 29.0 Å². The van der Waals surface area contributed by atoms with Gasteiger partial charge >= 0.3 is 5.97 Å². The van der Waals surface area contributed by atoms with Crippen molar-refractivity contribution in [1.82, 2.24) is 14.7 Å². The molecule has 3 rings (SSSR count). The average molecular weight is 414 g/mol. The molecule has 0 spiro atoms. The molecule has 0 amide bonds. The molecular formula is C24H35N3O3. The zero-order valence-electron chi connectivity index (χ0n) is 18.8. The van der Waals surface area contributed by atoms with E-state index in [-0.39, 0.29) is 5.97 Å². The topological polar surface area (TPSA) is 56.6 Å². The summed E-state index contributed by atoms with van der Waals surface area (Å²) in [6.45, 7) is 10.2. The maximum absolute atomic E-state index is 13.0. The van der Waals surface area contributed by atoms with Crippen LogP contribution in [0, 0.1) is 12.3 Å². The molecule has 0 radical (unpaired) electrons. The van der Waals surface area contributed by atoms with Gasteiger partial charge < -0.3 is 9.47 Å². The lowest BCUT2D eigenvalue weighted by Crippen LogP contribution is -2.46. The zero-order chi connectivity index (χ0) is 21.6. The second kappa shape index (κ2) is 10.1. The van der Waals surface area contributed by atoms with Gasteiger partial charge in [-0.05, 0) is 70.3 Å². The number of piperidine rings is 1. The summed E-state index contributed by atoms with van der Waals surface area (Å²) < 4.78 is 13.0. The minimum Gasteiger partial charge on any atom is -0.497 e. The third-order valence-electron chi connectivity index (χ3n) is 6.23. The van der Waals surface area contributed by atoms with E-state index in [0.29, 0.717) is 13.0 Å². The Balaban J connectivity index is 1.70. The highest BCUT2D eigenvalue weighted by Gasteiger charge is 2.42. The van der Waals surface area contributed by atoms with Crippen LogP contribution in [-0.4, -0.2) is 47.5 Å². The number of hydrogen-bond acceptors (Lipinski definition) is 5. The zero-order valence-corrected chi connectivity index (χ0v) is 18.8. The van der Waals surface area contributed by atoms with Crippen LogP contribution in [0.2, 0.25) is 0 Å². The maximum Gasteiger partial charge on any atom is 0.312 e. The molecule has 0 bridgehead atoms. The van der Waals surface area contributed by atoms with Crippen molar-refractivity contribution in [2.75, 3.05) is 26.8 Å². The number of ether oxygens (including phenoxy) is 2. The Morgan fingerprint density at radius 1 is 1.23 bits per heavy atom. The molecule has 1 aromatic heterocycles. The van der Waals surface area contributed by atoms with Crippen LogP contribution in [0.3, 0.4) is 0 Å². The molecule has 6 heteroatoms. The SMILES string of the molecule is CCCn1ncc(CN2CCC(Cc3cccc(OC)c3)(C(=O)OCC)CC2)c1C. The Morgan fingerprint density at radius 2 is 2.00 bits per heavy atom. The van der Waals surface area contributed by atoms with Crippen molar-refractivity contribution in [3.63, 3.8) is 0 Å². The first kappa shape index (κ1) is 22.3. The van der Waals surface area contributed by atoms with E-state index in [1.807, 2.05) is 31.3 Å². The number of nitrogens with zero attached hydrogens (tertiary/aromatic N) is 3. The molecule has 1 saturated heterocycles. The fourth-order valence-electron chi connectivity index (χ4n) is 4.37. The van der Waals surface area contributed by atoms with Gasteiger partial charge in [0, 0.05) is 24.3 Å². The third-order valence-corrected chi connectivity index (χ3v) is 6.23. The summed E-state index contributed by atoms with van der Waals surface area (Å²) in [6, 6.07) is 8.02. The molecule has 30 heavy (non-hydrogen) atoms. The van der Waals surface area contributed by atoms with E-state index in [2.05, 4.69) is 34.6 Å². The number of aromatic nitrogens is 2. The smallest absolute Gasteiger partial charge is 0.312 e. The lowest BCUT2D eigenvalue weighted by molar-refractivity contribution is -0.158. The summed E-state index contributed by atoms with van der Waals surface area (Å²) in [7, 11) is 1.67. The fourth-order valence-corrected chi connectivity index (χ4v) is 4.37. The number of benzene rings is 1. The summed E-state index contributed by atoms with van der Waals surface area (Å²) in [5.74, 6) is 0.753. The van der Waals surface area contributed by atoms with Crippen LogP contribution in [0.15, 0.2) is 30.5 Å². The Labute approximate surface area is 180 Å². The molecule has 2 heterocycles. The van der Waals surface area contributed by atoms with E-state index in [0.717, 1.165) is 56.8 Å². The number of carbonyl (C=O) groups is 1. The standard InChI is InChI=1S/C24H35N3O3/c1-5-12-27-19(3)21(17-25-27)18-26-13-10-24(11-14-26,23(28)30-6-2)16-20-8-7-9-22(15-20)29-4/h7-9,15,17H,5-6,10-14,16,18H2,1-4H3. The first-order valence-corrected chi connectivity index (χ1v) is 11.0. The summed E-state index contributed by atoms with van der Waals surface area (Å²) in [6.07, 6.45) is 5.35. The number of aryl methyl sites for hydroxylation is 1. The predicted molar refractivity (Wildman–Crippen MR) is 118 cm³/mol. The van der Waals surface area contributed by atoms with Gasteiger partial charge in [-0.25, -0.2) is 0 Å². The van der Waals surface area contributed by atoms with Gasteiger partial charge in [-0.2, -0.15) is 5.10 Å². The van der Waals surface area contributed by atoms with E-state index >= 15 is 0 Å². The Bertz CT molecular complexity index is 838. The van der Waals surface area contributed by atoms with Crippen LogP contribution >= 0.6 is 0 Å². The Kier molecular flexibility index (Phi) is 7.53.